The van der Waals surface area contributed by atoms with E-state index in [1.165, 1.54) is 18.2 Å². The molecule has 1 aromatic rings. The largest absolute Gasteiger partial charge is 0.314 e. The van der Waals surface area contributed by atoms with Crippen molar-refractivity contribution in [2.24, 2.45) is 5.92 Å². The average Bonchev–Trinajstić information content (AvgIpc) is 2.31. The maximum atomic E-state index is 13.4. The normalized spacial score (nSPS) is 13.0. The van der Waals surface area contributed by atoms with Gasteiger partial charge in [-0.3, -0.25) is 0 Å². The fourth-order valence-corrected chi connectivity index (χ4v) is 2.20. The maximum Gasteiger partial charge on any atom is 0.129 e. The van der Waals surface area contributed by atoms with Gasteiger partial charge in [0.2, 0.25) is 0 Å². The minimum Gasteiger partial charge on any atom is -0.314 e. The summed E-state index contributed by atoms with van der Waals surface area (Å²) in [6, 6.07) is 4.47. The van der Waals surface area contributed by atoms with Gasteiger partial charge in [-0.25, -0.2) is 8.78 Å². The molecule has 0 radical (unpaired) electrons. The van der Waals surface area contributed by atoms with Crippen LogP contribution < -0.4 is 5.32 Å². The summed E-state index contributed by atoms with van der Waals surface area (Å²) < 4.78 is 26.9. The molecule has 1 aromatic carbocycles. The lowest BCUT2D eigenvalue weighted by molar-refractivity contribution is 0.375. The molecule has 0 aromatic heterocycles. The molecule has 1 N–H and O–H groups in total. The molecular weight excluding hydrogens is 232 g/mol. The van der Waals surface area contributed by atoms with E-state index in [0.717, 1.165) is 19.4 Å². The Morgan fingerprint density at radius 2 is 1.78 bits per heavy atom. The summed E-state index contributed by atoms with van der Waals surface area (Å²) in [5, 5.41) is 3.41. The van der Waals surface area contributed by atoms with Crippen LogP contribution in [-0.2, 0) is 6.42 Å². The van der Waals surface area contributed by atoms with Crippen molar-refractivity contribution in [2.75, 3.05) is 6.54 Å². The summed E-state index contributed by atoms with van der Waals surface area (Å²) in [4.78, 5) is 0. The lowest BCUT2D eigenvalue weighted by atomic mass is 9.96. The van der Waals surface area contributed by atoms with Gasteiger partial charge in [0.25, 0.3) is 0 Å². The summed E-state index contributed by atoms with van der Waals surface area (Å²) in [6.07, 6.45) is 2.21. The number of rotatable bonds is 7. The molecule has 0 fully saturated rings. The fraction of sp³-hybridized carbons (Fsp3) is 0.600. The minimum absolute atomic E-state index is 0.219. The van der Waals surface area contributed by atoms with Crippen molar-refractivity contribution < 1.29 is 8.78 Å². The predicted molar refractivity (Wildman–Crippen MR) is 71.6 cm³/mol. The molecule has 1 nitrogen and oxygen atoms in total. The molecule has 0 spiro atoms. The van der Waals surface area contributed by atoms with Crippen LogP contribution in [0.5, 0.6) is 0 Å². The monoisotopic (exact) mass is 255 g/mol. The molecule has 1 atom stereocenters. The van der Waals surface area contributed by atoms with Crippen LogP contribution >= 0.6 is 0 Å². The van der Waals surface area contributed by atoms with Crippen molar-refractivity contribution in [3.63, 3.8) is 0 Å². The number of hydrogen-bond acceptors (Lipinski definition) is 1. The Kier molecular flexibility index (Phi) is 6.27. The van der Waals surface area contributed by atoms with E-state index >= 15 is 0 Å². The van der Waals surface area contributed by atoms with Gasteiger partial charge in [0, 0.05) is 11.6 Å². The van der Waals surface area contributed by atoms with Crippen molar-refractivity contribution >= 4 is 0 Å². The van der Waals surface area contributed by atoms with Crippen molar-refractivity contribution in [3.8, 4) is 0 Å². The van der Waals surface area contributed by atoms with Crippen LogP contribution in [0, 0.1) is 17.6 Å². The zero-order valence-corrected chi connectivity index (χ0v) is 11.5. The molecule has 0 saturated carbocycles. The first-order valence-corrected chi connectivity index (χ1v) is 6.72. The van der Waals surface area contributed by atoms with Gasteiger partial charge in [-0.2, -0.15) is 0 Å². The van der Waals surface area contributed by atoms with Gasteiger partial charge in [0.1, 0.15) is 11.6 Å². The van der Waals surface area contributed by atoms with Crippen LogP contribution in [0.25, 0.3) is 0 Å². The highest BCUT2D eigenvalue weighted by atomic mass is 19.1. The Hall–Kier alpha value is -0.960. The van der Waals surface area contributed by atoms with E-state index < -0.39 is 11.6 Å². The van der Waals surface area contributed by atoms with Gasteiger partial charge < -0.3 is 5.32 Å². The zero-order valence-electron chi connectivity index (χ0n) is 11.5. The van der Waals surface area contributed by atoms with Gasteiger partial charge in [0.15, 0.2) is 0 Å². The molecule has 1 rings (SSSR count). The second-order valence-corrected chi connectivity index (χ2v) is 5.00. The van der Waals surface area contributed by atoms with Crippen LogP contribution in [0.3, 0.4) is 0 Å². The molecule has 102 valence electrons. The second-order valence-electron chi connectivity index (χ2n) is 5.00. The highest BCUT2D eigenvalue weighted by Gasteiger charge is 2.13. The van der Waals surface area contributed by atoms with Crippen molar-refractivity contribution in [2.45, 2.75) is 46.1 Å². The predicted octanol–water partition coefficient (Wildman–Crippen LogP) is 3.92. The second kappa shape index (κ2) is 7.47. The molecule has 18 heavy (non-hydrogen) atoms. The van der Waals surface area contributed by atoms with Crippen molar-refractivity contribution in [1.82, 2.24) is 5.32 Å². The number of halogens is 2. The number of benzene rings is 1. The maximum absolute atomic E-state index is 13.4. The summed E-state index contributed by atoms with van der Waals surface area (Å²) >= 11 is 0. The number of hydrogen-bond donors (Lipinski definition) is 1. The van der Waals surface area contributed by atoms with E-state index in [-0.39, 0.29) is 5.56 Å². The molecule has 1 unspecified atom stereocenters. The van der Waals surface area contributed by atoms with Gasteiger partial charge in [-0.05, 0) is 43.9 Å². The third-order valence-electron chi connectivity index (χ3n) is 3.27. The van der Waals surface area contributed by atoms with E-state index in [2.05, 4.69) is 26.1 Å². The first-order valence-electron chi connectivity index (χ1n) is 6.72. The van der Waals surface area contributed by atoms with E-state index in [0.29, 0.717) is 18.4 Å². The van der Waals surface area contributed by atoms with Crippen molar-refractivity contribution in [1.29, 1.82) is 0 Å². The first kappa shape index (κ1) is 15.1. The lowest BCUT2D eigenvalue weighted by Crippen LogP contribution is -2.33. The highest BCUT2D eigenvalue weighted by molar-refractivity contribution is 5.19. The fourth-order valence-electron chi connectivity index (χ4n) is 2.20. The van der Waals surface area contributed by atoms with E-state index in [4.69, 9.17) is 0 Å². The average molecular weight is 255 g/mol. The Labute approximate surface area is 109 Å². The van der Waals surface area contributed by atoms with Gasteiger partial charge in [0.05, 0.1) is 0 Å². The Balaban J connectivity index is 2.50. The smallest absolute Gasteiger partial charge is 0.129 e. The Bertz CT molecular complexity index is 343. The standard InChI is InChI=1S/C15H23F2N/c1-4-18-15(11(2)3)10-5-7-12-13(16)8-6-9-14(12)17/h6,8-9,11,15,18H,4-5,7,10H2,1-3H3. The summed E-state index contributed by atoms with van der Waals surface area (Å²) in [6.45, 7) is 7.33. The minimum atomic E-state index is -0.431. The summed E-state index contributed by atoms with van der Waals surface area (Å²) in [7, 11) is 0. The van der Waals surface area contributed by atoms with E-state index in [1.54, 1.807) is 0 Å². The lowest BCUT2D eigenvalue weighted by Gasteiger charge is -2.21. The topological polar surface area (TPSA) is 12.0 Å². The molecular formula is C15H23F2N. The molecule has 0 saturated heterocycles. The quantitative estimate of drug-likeness (QED) is 0.778. The zero-order chi connectivity index (χ0) is 13.5. The van der Waals surface area contributed by atoms with E-state index in [9.17, 15) is 8.78 Å². The summed E-state index contributed by atoms with van der Waals surface area (Å²) in [5.74, 6) is -0.325. The molecule has 0 amide bonds. The molecule has 0 aliphatic rings. The molecule has 0 bridgehead atoms. The van der Waals surface area contributed by atoms with Gasteiger partial charge in [-0.1, -0.05) is 26.8 Å². The van der Waals surface area contributed by atoms with Crippen LogP contribution in [0.1, 0.15) is 39.2 Å². The van der Waals surface area contributed by atoms with Crippen LogP contribution in [0.4, 0.5) is 8.78 Å². The SMILES string of the molecule is CCNC(CCCc1c(F)cccc1F)C(C)C. The van der Waals surface area contributed by atoms with E-state index in [1.807, 2.05) is 0 Å². The highest BCUT2D eigenvalue weighted by Crippen LogP contribution is 2.17. The molecule has 0 heterocycles. The van der Waals surface area contributed by atoms with Crippen LogP contribution in [-0.4, -0.2) is 12.6 Å². The van der Waals surface area contributed by atoms with Gasteiger partial charge >= 0.3 is 0 Å². The van der Waals surface area contributed by atoms with Crippen LogP contribution in [0.15, 0.2) is 18.2 Å². The Morgan fingerprint density at radius 3 is 2.28 bits per heavy atom. The molecule has 0 aliphatic carbocycles. The first-order chi connectivity index (χ1) is 8.56. The molecule has 0 aliphatic heterocycles. The van der Waals surface area contributed by atoms with Crippen LogP contribution in [0.2, 0.25) is 0 Å². The van der Waals surface area contributed by atoms with Crippen molar-refractivity contribution in [3.05, 3.63) is 35.4 Å². The third-order valence-corrected chi connectivity index (χ3v) is 3.27. The summed E-state index contributed by atoms with van der Waals surface area (Å²) in [5.41, 5.74) is 0.219. The Morgan fingerprint density at radius 1 is 1.17 bits per heavy atom. The third kappa shape index (κ3) is 4.37. The molecule has 3 heteroatoms. The number of nitrogens with one attached hydrogen (secondary N) is 1. The van der Waals surface area contributed by atoms with Gasteiger partial charge in [-0.15, -0.1) is 0 Å².